The Bertz CT molecular complexity index is 1840. The molecule has 1 aliphatic carbocycles. The summed E-state index contributed by atoms with van der Waals surface area (Å²) in [7, 11) is 0. The SMILES string of the molecule is Cc1cc(C)cc(N(c2ccc(C(C)C)cc2)c2ccc3cc4c(cc3c2)-c2cc3ccccc3cc2-4)c1. The fourth-order valence-corrected chi connectivity index (χ4v) is 6.03. The van der Waals surface area contributed by atoms with E-state index < -0.39 is 0 Å². The van der Waals surface area contributed by atoms with Gasteiger partial charge in [-0.3, -0.25) is 0 Å². The number of hydrogen-bond acceptors (Lipinski definition) is 1. The second-order valence-corrected chi connectivity index (χ2v) is 11.1. The Labute approximate surface area is 225 Å². The van der Waals surface area contributed by atoms with Crippen molar-refractivity contribution in [3.8, 4) is 22.3 Å². The summed E-state index contributed by atoms with van der Waals surface area (Å²) in [5.41, 5.74) is 12.9. The predicted molar refractivity (Wildman–Crippen MR) is 164 cm³/mol. The Morgan fingerprint density at radius 3 is 1.50 bits per heavy atom. The molecular formula is C37H31N. The quantitative estimate of drug-likeness (QED) is 0.238. The Balaban J connectivity index is 1.37. The lowest BCUT2D eigenvalue weighted by atomic mass is 9.78. The molecule has 0 spiro atoms. The normalized spacial score (nSPS) is 11.9. The third kappa shape index (κ3) is 3.70. The molecule has 0 N–H and O–H groups in total. The lowest BCUT2D eigenvalue weighted by molar-refractivity contribution is 0.866. The average molecular weight is 490 g/mol. The van der Waals surface area contributed by atoms with Crippen LogP contribution in [0.4, 0.5) is 17.1 Å². The van der Waals surface area contributed by atoms with Crippen LogP contribution in [0.1, 0.15) is 36.5 Å². The van der Waals surface area contributed by atoms with E-state index in [-0.39, 0.29) is 0 Å². The molecule has 6 aromatic rings. The van der Waals surface area contributed by atoms with Crippen molar-refractivity contribution in [3.05, 3.63) is 126 Å². The van der Waals surface area contributed by atoms with E-state index in [4.69, 9.17) is 0 Å². The first kappa shape index (κ1) is 22.8. The molecule has 6 aromatic carbocycles. The van der Waals surface area contributed by atoms with Crippen molar-refractivity contribution in [2.75, 3.05) is 4.90 Å². The molecule has 0 amide bonds. The van der Waals surface area contributed by atoms with Crippen molar-refractivity contribution >= 4 is 38.6 Å². The van der Waals surface area contributed by atoms with Crippen LogP contribution in [0.3, 0.4) is 0 Å². The van der Waals surface area contributed by atoms with Crippen molar-refractivity contribution in [3.63, 3.8) is 0 Å². The van der Waals surface area contributed by atoms with Gasteiger partial charge in [-0.15, -0.1) is 0 Å². The zero-order valence-electron chi connectivity index (χ0n) is 22.4. The second kappa shape index (κ2) is 8.60. The Kier molecular flexibility index (Phi) is 5.16. The number of fused-ring (bicyclic) bond motifs is 6. The average Bonchev–Trinajstić information content (AvgIpc) is 2.91. The van der Waals surface area contributed by atoms with Gasteiger partial charge in [0.1, 0.15) is 0 Å². The maximum Gasteiger partial charge on any atom is 0.0468 e. The number of benzene rings is 6. The highest BCUT2D eigenvalue weighted by Gasteiger charge is 2.24. The topological polar surface area (TPSA) is 3.24 Å². The first-order chi connectivity index (χ1) is 18.4. The smallest absolute Gasteiger partial charge is 0.0468 e. The van der Waals surface area contributed by atoms with Crippen molar-refractivity contribution in [2.24, 2.45) is 0 Å². The minimum atomic E-state index is 0.512. The maximum atomic E-state index is 2.39. The largest absolute Gasteiger partial charge is 0.310 e. The lowest BCUT2D eigenvalue weighted by Gasteiger charge is -2.28. The summed E-state index contributed by atoms with van der Waals surface area (Å²) in [5, 5.41) is 5.16. The summed E-state index contributed by atoms with van der Waals surface area (Å²) >= 11 is 0. The second-order valence-electron chi connectivity index (χ2n) is 11.1. The third-order valence-corrected chi connectivity index (χ3v) is 7.97. The van der Waals surface area contributed by atoms with Crippen LogP contribution in [0.5, 0.6) is 0 Å². The van der Waals surface area contributed by atoms with E-state index in [9.17, 15) is 0 Å². The molecule has 0 aliphatic heterocycles. The lowest BCUT2D eigenvalue weighted by Crippen LogP contribution is -2.10. The Morgan fingerprint density at radius 2 is 0.947 bits per heavy atom. The van der Waals surface area contributed by atoms with E-state index in [1.165, 1.54) is 77.6 Å². The van der Waals surface area contributed by atoms with Crippen molar-refractivity contribution in [2.45, 2.75) is 33.6 Å². The van der Waals surface area contributed by atoms with Crippen LogP contribution in [0.15, 0.2) is 109 Å². The zero-order valence-corrected chi connectivity index (χ0v) is 22.4. The van der Waals surface area contributed by atoms with Crippen LogP contribution in [-0.2, 0) is 0 Å². The van der Waals surface area contributed by atoms with Crippen molar-refractivity contribution in [1.29, 1.82) is 0 Å². The first-order valence-corrected chi connectivity index (χ1v) is 13.5. The van der Waals surface area contributed by atoms with Crippen molar-refractivity contribution in [1.82, 2.24) is 0 Å². The van der Waals surface area contributed by atoms with Gasteiger partial charge in [-0.05, 0) is 141 Å². The van der Waals surface area contributed by atoms with E-state index in [2.05, 4.69) is 142 Å². The van der Waals surface area contributed by atoms with E-state index in [1.54, 1.807) is 0 Å². The molecule has 0 unspecified atom stereocenters. The van der Waals surface area contributed by atoms with Gasteiger partial charge in [0, 0.05) is 17.1 Å². The number of hydrogen-bond donors (Lipinski definition) is 0. The van der Waals surface area contributed by atoms with Crippen LogP contribution in [0, 0.1) is 13.8 Å². The molecule has 0 saturated heterocycles. The highest BCUT2D eigenvalue weighted by atomic mass is 15.1. The standard InChI is InChI=1S/C37H31N/c1-23(2)26-9-12-31(13-10-26)38(33-16-24(3)15-25(4)17-33)32-14-11-29-21-36-34-19-27-7-5-6-8-28(27)20-35(34)37(36)22-30(29)18-32/h5-23H,1-4H3. The summed E-state index contributed by atoms with van der Waals surface area (Å²) < 4.78 is 0. The number of nitrogens with zero attached hydrogens (tertiary/aromatic N) is 1. The molecule has 0 fully saturated rings. The molecule has 0 bridgehead atoms. The van der Waals surface area contributed by atoms with Gasteiger partial charge in [-0.25, -0.2) is 0 Å². The number of aryl methyl sites for hydroxylation is 2. The molecule has 0 aromatic heterocycles. The Morgan fingerprint density at radius 1 is 0.447 bits per heavy atom. The third-order valence-electron chi connectivity index (χ3n) is 7.97. The fourth-order valence-electron chi connectivity index (χ4n) is 6.03. The molecule has 1 heteroatoms. The summed E-state index contributed by atoms with van der Waals surface area (Å²) in [6, 6.07) is 40.8. The molecule has 0 radical (unpaired) electrons. The van der Waals surface area contributed by atoms with Gasteiger partial charge >= 0.3 is 0 Å². The zero-order chi connectivity index (χ0) is 26.0. The summed E-state index contributed by atoms with van der Waals surface area (Å²) in [4.78, 5) is 2.39. The van der Waals surface area contributed by atoms with E-state index in [0.717, 1.165) is 0 Å². The highest BCUT2D eigenvalue weighted by molar-refractivity contribution is 6.12. The van der Waals surface area contributed by atoms with Crippen LogP contribution >= 0.6 is 0 Å². The van der Waals surface area contributed by atoms with Crippen molar-refractivity contribution < 1.29 is 0 Å². The predicted octanol–water partition coefficient (Wildman–Crippen LogP) is 10.9. The van der Waals surface area contributed by atoms with Crippen LogP contribution in [0.2, 0.25) is 0 Å². The summed E-state index contributed by atoms with van der Waals surface area (Å²) in [6.07, 6.45) is 0. The summed E-state index contributed by atoms with van der Waals surface area (Å²) in [5.74, 6) is 0.512. The van der Waals surface area contributed by atoms with Gasteiger partial charge in [-0.2, -0.15) is 0 Å². The first-order valence-electron chi connectivity index (χ1n) is 13.5. The minimum absolute atomic E-state index is 0.512. The molecule has 38 heavy (non-hydrogen) atoms. The van der Waals surface area contributed by atoms with E-state index in [1.807, 2.05) is 0 Å². The number of rotatable bonds is 4. The Hall–Kier alpha value is -4.36. The van der Waals surface area contributed by atoms with Crippen LogP contribution in [0.25, 0.3) is 43.8 Å². The fraction of sp³-hybridized carbons (Fsp3) is 0.135. The van der Waals surface area contributed by atoms with Gasteiger partial charge in [0.05, 0.1) is 0 Å². The minimum Gasteiger partial charge on any atom is -0.310 e. The molecule has 1 nitrogen and oxygen atoms in total. The highest BCUT2D eigenvalue weighted by Crippen LogP contribution is 2.50. The summed E-state index contributed by atoms with van der Waals surface area (Å²) in [6.45, 7) is 8.85. The monoisotopic (exact) mass is 489 g/mol. The maximum absolute atomic E-state index is 2.39. The molecule has 1 aliphatic rings. The van der Waals surface area contributed by atoms with E-state index in [0.29, 0.717) is 5.92 Å². The van der Waals surface area contributed by atoms with Crippen LogP contribution < -0.4 is 4.90 Å². The van der Waals surface area contributed by atoms with Gasteiger partial charge < -0.3 is 4.90 Å². The molecule has 0 atom stereocenters. The molecule has 0 heterocycles. The molecular weight excluding hydrogens is 458 g/mol. The van der Waals surface area contributed by atoms with Crippen LogP contribution in [-0.4, -0.2) is 0 Å². The van der Waals surface area contributed by atoms with Gasteiger partial charge in [-0.1, -0.05) is 62.4 Å². The molecule has 184 valence electrons. The van der Waals surface area contributed by atoms with Gasteiger partial charge in [0.15, 0.2) is 0 Å². The van der Waals surface area contributed by atoms with Gasteiger partial charge in [0.25, 0.3) is 0 Å². The van der Waals surface area contributed by atoms with Gasteiger partial charge in [0.2, 0.25) is 0 Å². The number of anilines is 3. The molecule has 7 rings (SSSR count). The molecule has 0 saturated carbocycles. The van der Waals surface area contributed by atoms with E-state index >= 15 is 0 Å².